The lowest BCUT2D eigenvalue weighted by molar-refractivity contribution is 0.103. The minimum Gasteiger partial charge on any atom is -0.341 e. The van der Waals surface area contributed by atoms with Crippen molar-refractivity contribution in [2.45, 2.75) is 50.5 Å². The van der Waals surface area contributed by atoms with Gasteiger partial charge in [-0.15, -0.1) is 11.8 Å². The van der Waals surface area contributed by atoms with Crippen LogP contribution in [-0.2, 0) is 0 Å². The molecule has 0 aliphatic rings. The summed E-state index contributed by atoms with van der Waals surface area (Å²) in [6, 6.07) is 29.0. The first-order valence-electron chi connectivity index (χ1n) is 11.5. The zero-order chi connectivity index (χ0) is 22.3. The van der Waals surface area contributed by atoms with Crippen molar-refractivity contribution in [3.63, 3.8) is 0 Å². The second-order valence-corrected chi connectivity index (χ2v) is 9.57. The quantitative estimate of drug-likeness (QED) is 0.141. The van der Waals surface area contributed by atoms with E-state index < -0.39 is 0 Å². The molecule has 3 aromatic carbocycles. The minimum atomic E-state index is 0.114. The molecule has 164 valence electrons. The number of unbranched alkanes of at least 4 members (excludes halogenated alkanes) is 2. The van der Waals surface area contributed by atoms with Gasteiger partial charge in [0.05, 0.1) is 5.56 Å². The number of ketones is 1. The van der Waals surface area contributed by atoms with E-state index in [1.807, 2.05) is 48.2 Å². The zero-order valence-electron chi connectivity index (χ0n) is 19.0. The van der Waals surface area contributed by atoms with Crippen LogP contribution in [0.3, 0.4) is 0 Å². The Morgan fingerprint density at radius 1 is 0.844 bits per heavy atom. The van der Waals surface area contributed by atoms with Crippen molar-refractivity contribution in [1.82, 2.24) is 4.57 Å². The molecular formula is C29H31NOS. The molecule has 32 heavy (non-hydrogen) atoms. The van der Waals surface area contributed by atoms with Crippen LogP contribution in [0.15, 0.2) is 89.8 Å². The Balaban J connectivity index is 1.43. The number of fused-ring (bicyclic) bond motifs is 1. The highest BCUT2D eigenvalue weighted by Gasteiger charge is 2.22. The molecule has 4 rings (SSSR count). The Kier molecular flexibility index (Phi) is 7.49. The van der Waals surface area contributed by atoms with E-state index in [0.717, 1.165) is 34.1 Å². The number of aromatic nitrogens is 1. The number of nitrogens with zero attached hydrogens (tertiary/aromatic N) is 1. The van der Waals surface area contributed by atoms with Crippen LogP contribution in [0.5, 0.6) is 0 Å². The Labute approximate surface area is 195 Å². The highest BCUT2D eigenvalue weighted by Crippen LogP contribution is 2.32. The maximum atomic E-state index is 13.4. The Bertz CT molecular complexity index is 1160. The molecule has 0 bridgehead atoms. The van der Waals surface area contributed by atoms with E-state index >= 15 is 0 Å². The van der Waals surface area contributed by atoms with Crippen LogP contribution in [-0.4, -0.2) is 16.1 Å². The fraction of sp³-hybridized carbons (Fsp3) is 0.276. The Hall–Kier alpha value is -2.78. The Morgan fingerprint density at radius 3 is 2.25 bits per heavy atom. The third-order valence-corrected chi connectivity index (χ3v) is 7.24. The van der Waals surface area contributed by atoms with Crippen LogP contribution >= 0.6 is 11.8 Å². The van der Waals surface area contributed by atoms with Crippen molar-refractivity contribution < 1.29 is 4.79 Å². The lowest BCUT2D eigenvalue weighted by Gasteiger charge is -2.18. The summed E-state index contributed by atoms with van der Waals surface area (Å²) >= 11 is 1.94. The van der Waals surface area contributed by atoms with E-state index in [1.165, 1.54) is 29.9 Å². The topological polar surface area (TPSA) is 22.0 Å². The summed E-state index contributed by atoms with van der Waals surface area (Å²) in [5, 5.41) is 1.06. The average Bonchev–Trinajstić information content (AvgIpc) is 3.13. The van der Waals surface area contributed by atoms with Gasteiger partial charge in [-0.05, 0) is 50.6 Å². The number of para-hydroxylation sites is 1. The van der Waals surface area contributed by atoms with Gasteiger partial charge in [0, 0.05) is 33.1 Å². The van der Waals surface area contributed by atoms with Gasteiger partial charge in [-0.1, -0.05) is 79.6 Å². The molecular weight excluding hydrogens is 410 g/mol. The van der Waals surface area contributed by atoms with Gasteiger partial charge < -0.3 is 4.57 Å². The highest BCUT2D eigenvalue weighted by atomic mass is 32.2. The Morgan fingerprint density at radius 2 is 1.50 bits per heavy atom. The summed E-state index contributed by atoms with van der Waals surface area (Å²) < 4.78 is 2.38. The van der Waals surface area contributed by atoms with Crippen molar-refractivity contribution in [3.8, 4) is 0 Å². The second kappa shape index (κ2) is 10.7. The van der Waals surface area contributed by atoms with Crippen LogP contribution < -0.4 is 0 Å². The highest BCUT2D eigenvalue weighted by molar-refractivity contribution is 7.99. The molecule has 1 aromatic heterocycles. The molecule has 0 amide bonds. The van der Waals surface area contributed by atoms with Gasteiger partial charge in [-0.25, -0.2) is 0 Å². The standard InChI is InChI=1S/C29H31NOS/c1-22(14-6-5-13-21-32-25-17-9-4-10-18-25)30-23(2)28(26-19-11-12-20-27(26)30)29(31)24-15-7-3-8-16-24/h3-4,7-12,15-20,22H,5-6,13-14,21H2,1-2H3. The van der Waals surface area contributed by atoms with Gasteiger partial charge in [-0.2, -0.15) is 0 Å². The first-order chi connectivity index (χ1) is 15.7. The minimum absolute atomic E-state index is 0.114. The molecule has 4 aromatic rings. The third kappa shape index (κ3) is 4.99. The largest absolute Gasteiger partial charge is 0.341 e. The predicted molar refractivity (Wildman–Crippen MR) is 137 cm³/mol. The number of carbonyl (C=O) groups is 1. The van der Waals surface area contributed by atoms with Gasteiger partial charge in [0.15, 0.2) is 5.78 Å². The first kappa shape index (κ1) is 22.4. The molecule has 1 atom stereocenters. The van der Waals surface area contributed by atoms with Crippen LogP contribution in [0.2, 0.25) is 0 Å². The summed E-state index contributed by atoms with van der Waals surface area (Å²) in [4.78, 5) is 14.7. The van der Waals surface area contributed by atoms with Gasteiger partial charge >= 0.3 is 0 Å². The summed E-state index contributed by atoms with van der Waals surface area (Å²) in [5.74, 6) is 1.28. The number of hydrogen-bond acceptors (Lipinski definition) is 2. The van der Waals surface area contributed by atoms with Crippen molar-refractivity contribution in [2.75, 3.05) is 5.75 Å². The van der Waals surface area contributed by atoms with E-state index in [4.69, 9.17) is 0 Å². The molecule has 2 nitrogen and oxygen atoms in total. The number of rotatable bonds is 10. The normalized spacial score (nSPS) is 12.2. The average molecular weight is 442 g/mol. The molecule has 0 aliphatic carbocycles. The summed E-state index contributed by atoms with van der Waals surface area (Å²) in [7, 11) is 0. The molecule has 1 unspecified atom stereocenters. The fourth-order valence-corrected chi connectivity index (χ4v) is 5.47. The molecule has 0 radical (unpaired) electrons. The molecule has 0 fully saturated rings. The maximum Gasteiger partial charge on any atom is 0.195 e. The molecule has 1 heterocycles. The van der Waals surface area contributed by atoms with Crippen molar-refractivity contribution in [3.05, 3.63) is 102 Å². The predicted octanol–water partition coefficient (Wildman–Crippen LogP) is 8.09. The smallest absolute Gasteiger partial charge is 0.195 e. The van der Waals surface area contributed by atoms with E-state index in [1.54, 1.807) is 0 Å². The number of benzene rings is 3. The van der Waals surface area contributed by atoms with Crippen molar-refractivity contribution in [2.24, 2.45) is 0 Å². The lowest BCUT2D eigenvalue weighted by Crippen LogP contribution is -2.09. The van der Waals surface area contributed by atoms with E-state index in [0.29, 0.717) is 6.04 Å². The van der Waals surface area contributed by atoms with Gasteiger partial charge in [0.1, 0.15) is 0 Å². The van der Waals surface area contributed by atoms with Gasteiger partial charge in [0.2, 0.25) is 0 Å². The van der Waals surface area contributed by atoms with Crippen LogP contribution in [0.1, 0.15) is 60.3 Å². The SMILES string of the molecule is Cc1c(C(=O)c2ccccc2)c2ccccc2n1C(C)CCCCCSc1ccccc1. The molecule has 0 saturated carbocycles. The second-order valence-electron chi connectivity index (χ2n) is 8.40. The van der Waals surface area contributed by atoms with E-state index in [9.17, 15) is 4.79 Å². The summed E-state index contributed by atoms with van der Waals surface area (Å²) in [5.41, 5.74) is 3.84. The van der Waals surface area contributed by atoms with E-state index in [2.05, 4.69) is 66.9 Å². The number of carbonyl (C=O) groups excluding carboxylic acids is 1. The summed E-state index contributed by atoms with van der Waals surface area (Å²) in [6.45, 7) is 4.39. The first-order valence-corrected chi connectivity index (χ1v) is 12.5. The van der Waals surface area contributed by atoms with Crippen LogP contribution in [0.25, 0.3) is 10.9 Å². The number of thioether (sulfide) groups is 1. The molecule has 0 saturated heterocycles. The van der Waals surface area contributed by atoms with Crippen LogP contribution in [0, 0.1) is 6.92 Å². The molecule has 0 N–H and O–H groups in total. The van der Waals surface area contributed by atoms with Crippen LogP contribution in [0.4, 0.5) is 0 Å². The lowest BCUT2D eigenvalue weighted by atomic mass is 10.0. The molecule has 0 aliphatic heterocycles. The number of hydrogen-bond donors (Lipinski definition) is 0. The van der Waals surface area contributed by atoms with Crippen molar-refractivity contribution >= 4 is 28.4 Å². The fourth-order valence-electron chi connectivity index (χ4n) is 4.53. The summed E-state index contributed by atoms with van der Waals surface area (Å²) in [6.07, 6.45) is 4.78. The molecule has 0 spiro atoms. The van der Waals surface area contributed by atoms with Gasteiger partial charge in [0.25, 0.3) is 0 Å². The maximum absolute atomic E-state index is 13.4. The monoisotopic (exact) mass is 441 g/mol. The van der Waals surface area contributed by atoms with Crippen molar-refractivity contribution in [1.29, 1.82) is 0 Å². The third-order valence-electron chi connectivity index (χ3n) is 6.14. The van der Waals surface area contributed by atoms with E-state index in [-0.39, 0.29) is 5.78 Å². The zero-order valence-corrected chi connectivity index (χ0v) is 19.8. The molecule has 3 heteroatoms. The van der Waals surface area contributed by atoms with Gasteiger partial charge in [-0.3, -0.25) is 4.79 Å².